The molecule has 0 spiro atoms. The predicted octanol–water partition coefficient (Wildman–Crippen LogP) is 1.84. The van der Waals surface area contributed by atoms with Crippen LogP contribution < -0.4 is 20.3 Å². The van der Waals surface area contributed by atoms with Crippen LogP contribution in [0, 0.1) is 12.8 Å². The molecular formula is C22H25N5O4. The Kier molecular flexibility index (Phi) is 5.19. The summed E-state index contributed by atoms with van der Waals surface area (Å²) in [7, 11) is 0. The molecule has 1 saturated heterocycles. The fourth-order valence-electron chi connectivity index (χ4n) is 4.41. The van der Waals surface area contributed by atoms with E-state index in [-0.39, 0.29) is 18.6 Å². The van der Waals surface area contributed by atoms with E-state index in [1.54, 1.807) is 12.1 Å². The van der Waals surface area contributed by atoms with Gasteiger partial charge < -0.3 is 20.1 Å². The van der Waals surface area contributed by atoms with Crippen molar-refractivity contribution in [1.82, 2.24) is 15.3 Å². The number of pyridine rings is 2. The zero-order valence-electron chi connectivity index (χ0n) is 17.4. The third-order valence-electron chi connectivity index (χ3n) is 6.04. The number of aryl methyl sites for hydroxylation is 1. The SMILES string of the molecule is Cc1ccnc2c1CC(CNCCC1CN(c3ccc4c(n3)NC(=O)CO4)C(=O)O1)C2. The lowest BCUT2D eigenvalue weighted by Gasteiger charge is -2.19. The second-order valence-corrected chi connectivity index (χ2v) is 8.29. The molecule has 0 aromatic carbocycles. The van der Waals surface area contributed by atoms with E-state index in [4.69, 9.17) is 9.47 Å². The van der Waals surface area contributed by atoms with Crippen LogP contribution in [0.5, 0.6) is 5.75 Å². The van der Waals surface area contributed by atoms with Gasteiger partial charge in [0, 0.05) is 11.9 Å². The Morgan fingerprint density at radius 1 is 1.26 bits per heavy atom. The quantitative estimate of drug-likeness (QED) is 0.683. The van der Waals surface area contributed by atoms with Gasteiger partial charge in [-0.25, -0.2) is 9.78 Å². The normalized spacial score (nSPS) is 21.9. The van der Waals surface area contributed by atoms with Crippen molar-refractivity contribution in [3.05, 3.63) is 41.2 Å². The number of fused-ring (bicyclic) bond motifs is 2. The number of nitrogens with one attached hydrogen (secondary N) is 2. The average Bonchev–Trinajstić information content (AvgIpc) is 3.34. The van der Waals surface area contributed by atoms with Crippen molar-refractivity contribution in [2.75, 3.05) is 36.5 Å². The van der Waals surface area contributed by atoms with Gasteiger partial charge in [0.05, 0.1) is 6.54 Å². The van der Waals surface area contributed by atoms with E-state index in [1.165, 1.54) is 21.7 Å². The van der Waals surface area contributed by atoms with E-state index in [0.717, 1.165) is 32.4 Å². The topological polar surface area (TPSA) is 106 Å². The third-order valence-corrected chi connectivity index (χ3v) is 6.04. The Hall–Kier alpha value is -3.20. The highest BCUT2D eigenvalue weighted by atomic mass is 16.6. The van der Waals surface area contributed by atoms with E-state index in [1.807, 2.05) is 6.20 Å². The maximum absolute atomic E-state index is 12.3. The summed E-state index contributed by atoms with van der Waals surface area (Å²) in [5.41, 5.74) is 3.95. The van der Waals surface area contributed by atoms with Crippen molar-refractivity contribution < 1.29 is 19.1 Å². The summed E-state index contributed by atoms with van der Waals surface area (Å²) in [4.78, 5) is 34.2. The molecule has 2 atom stereocenters. The Bertz CT molecular complexity index is 1030. The van der Waals surface area contributed by atoms with Gasteiger partial charge in [-0.05, 0) is 74.5 Å². The largest absolute Gasteiger partial charge is 0.480 e. The molecule has 9 nitrogen and oxygen atoms in total. The van der Waals surface area contributed by atoms with E-state index < -0.39 is 6.09 Å². The van der Waals surface area contributed by atoms with Gasteiger partial charge in [-0.15, -0.1) is 0 Å². The smallest absolute Gasteiger partial charge is 0.415 e. The highest BCUT2D eigenvalue weighted by molar-refractivity contribution is 5.95. The molecule has 9 heteroatoms. The standard InChI is InChI=1S/C22H25N5O4/c1-13-4-7-24-17-9-14(8-16(13)17)10-23-6-5-15-11-27(22(29)31-15)19-3-2-18-21(25-19)26-20(28)12-30-18/h2-4,7,14-15,23H,5-6,8-12H2,1H3,(H,25,26,28). The van der Waals surface area contributed by atoms with E-state index in [9.17, 15) is 9.59 Å². The number of nitrogens with zero attached hydrogens (tertiary/aromatic N) is 3. The monoisotopic (exact) mass is 423 g/mol. The molecule has 3 aliphatic rings. The van der Waals surface area contributed by atoms with Gasteiger partial charge in [0.1, 0.15) is 11.9 Å². The first-order chi connectivity index (χ1) is 15.1. The summed E-state index contributed by atoms with van der Waals surface area (Å²) in [5, 5.41) is 6.17. The van der Waals surface area contributed by atoms with Crippen molar-refractivity contribution in [2.45, 2.75) is 32.3 Å². The number of anilines is 2. The number of rotatable bonds is 6. The molecule has 2 N–H and O–H groups in total. The Morgan fingerprint density at radius 2 is 2.16 bits per heavy atom. The summed E-state index contributed by atoms with van der Waals surface area (Å²) in [5.74, 6) is 1.56. The first-order valence-corrected chi connectivity index (χ1v) is 10.6. The average molecular weight is 423 g/mol. The van der Waals surface area contributed by atoms with Crippen LogP contribution in [0.3, 0.4) is 0 Å². The van der Waals surface area contributed by atoms with Gasteiger partial charge >= 0.3 is 6.09 Å². The first-order valence-electron chi connectivity index (χ1n) is 10.6. The fourth-order valence-corrected chi connectivity index (χ4v) is 4.41. The Morgan fingerprint density at radius 3 is 3.03 bits per heavy atom. The number of carbonyl (C=O) groups is 2. The Labute approximate surface area is 180 Å². The van der Waals surface area contributed by atoms with E-state index >= 15 is 0 Å². The van der Waals surface area contributed by atoms with Crippen LogP contribution in [-0.2, 0) is 22.4 Å². The molecule has 162 valence electrons. The summed E-state index contributed by atoms with van der Waals surface area (Å²) in [6.45, 7) is 4.24. The number of aromatic nitrogens is 2. The Balaban J connectivity index is 1.10. The van der Waals surface area contributed by atoms with E-state index in [2.05, 4.69) is 33.6 Å². The molecule has 31 heavy (non-hydrogen) atoms. The van der Waals surface area contributed by atoms with Crippen LogP contribution in [0.15, 0.2) is 24.4 Å². The minimum atomic E-state index is -0.423. The van der Waals surface area contributed by atoms with Gasteiger partial charge in [0.15, 0.2) is 18.2 Å². The minimum absolute atomic E-state index is 0.0298. The number of carbonyl (C=O) groups excluding carboxylic acids is 2. The van der Waals surface area contributed by atoms with Gasteiger partial charge in [0.2, 0.25) is 0 Å². The maximum Gasteiger partial charge on any atom is 0.415 e. The van der Waals surface area contributed by atoms with Crippen molar-refractivity contribution in [3.63, 3.8) is 0 Å². The van der Waals surface area contributed by atoms with Crippen LogP contribution >= 0.6 is 0 Å². The third kappa shape index (κ3) is 4.05. The van der Waals surface area contributed by atoms with Crippen LogP contribution in [0.4, 0.5) is 16.4 Å². The molecule has 1 aliphatic carbocycles. The summed E-state index contributed by atoms with van der Waals surface area (Å²) >= 11 is 0. The number of hydrogen-bond acceptors (Lipinski definition) is 7. The highest BCUT2D eigenvalue weighted by Gasteiger charge is 2.34. The van der Waals surface area contributed by atoms with Crippen LogP contribution in [0.2, 0.25) is 0 Å². The van der Waals surface area contributed by atoms with Gasteiger partial charge in [-0.3, -0.25) is 14.7 Å². The van der Waals surface area contributed by atoms with Crippen molar-refractivity contribution in [3.8, 4) is 5.75 Å². The zero-order valence-corrected chi connectivity index (χ0v) is 17.4. The van der Waals surface area contributed by atoms with Gasteiger partial charge in [-0.2, -0.15) is 0 Å². The molecule has 2 aromatic heterocycles. The fraction of sp³-hybridized carbons (Fsp3) is 0.455. The molecule has 4 heterocycles. The number of amides is 2. The van der Waals surface area contributed by atoms with Gasteiger partial charge in [-0.1, -0.05) is 0 Å². The number of cyclic esters (lactones) is 1. The molecular weight excluding hydrogens is 398 g/mol. The summed E-state index contributed by atoms with van der Waals surface area (Å²) in [6, 6.07) is 5.48. The second-order valence-electron chi connectivity index (χ2n) is 8.29. The molecule has 2 aliphatic heterocycles. The van der Waals surface area contributed by atoms with Crippen LogP contribution in [0.1, 0.15) is 23.2 Å². The maximum atomic E-state index is 12.3. The molecule has 0 bridgehead atoms. The first kappa shape index (κ1) is 19.7. The predicted molar refractivity (Wildman–Crippen MR) is 113 cm³/mol. The van der Waals surface area contributed by atoms with Gasteiger partial charge in [0.25, 0.3) is 5.91 Å². The van der Waals surface area contributed by atoms with Crippen molar-refractivity contribution >= 4 is 23.6 Å². The summed E-state index contributed by atoms with van der Waals surface area (Å²) in [6.07, 6.45) is 4.08. The van der Waals surface area contributed by atoms with E-state index in [0.29, 0.717) is 29.8 Å². The minimum Gasteiger partial charge on any atom is -0.480 e. The number of ether oxygens (including phenoxy) is 2. The zero-order chi connectivity index (χ0) is 21.4. The molecule has 5 rings (SSSR count). The molecule has 1 fully saturated rings. The molecule has 0 radical (unpaired) electrons. The molecule has 2 aromatic rings. The van der Waals surface area contributed by atoms with Crippen molar-refractivity contribution in [1.29, 1.82) is 0 Å². The molecule has 2 unspecified atom stereocenters. The van der Waals surface area contributed by atoms with Crippen LogP contribution in [-0.4, -0.2) is 54.3 Å². The lowest BCUT2D eigenvalue weighted by molar-refractivity contribution is -0.118. The lowest BCUT2D eigenvalue weighted by atomic mass is 10.1. The second kappa shape index (κ2) is 8.14. The summed E-state index contributed by atoms with van der Waals surface area (Å²) < 4.78 is 10.8. The van der Waals surface area contributed by atoms with Crippen molar-refractivity contribution in [2.24, 2.45) is 5.92 Å². The molecule has 2 amide bonds. The lowest BCUT2D eigenvalue weighted by Crippen LogP contribution is -2.30. The molecule has 0 saturated carbocycles. The number of hydrogen-bond donors (Lipinski definition) is 2. The van der Waals surface area contributed by atoms with Crippen LogP contribution in [0.25, 0.3) is 0 Å². The highest BCUT2D eigenvalue weighted by Crippen LogP contribution is 2.30.